The van der Waals surface area contributed by atoms with Crippen molar-refractivity contribution in [2.75, 3.05) is 18.0 Å². The minimum Gasteiger partial charge on any atom is -0.489 e. The maximum atomic E-state index is 12.2. The summed E-state index contributed by atoms with van der Waals surface area (Å²) in [6.07, 6.45) is 1.82. The second-order valence-corrected chi connectivity index (χ2v) is 7.15. The molecular formula is C18H24ClN5O2. The van der Waals surface area contributed by atoms with Gasteiger partial charge in [-0.05, 0) is 26.0 Å². The average Bonchev–Trinajstić information content (AvgIpc) is 2.99. The maximum absolute atomic E-state index is 12.2. The number of nitrogens with zero attached hydrogens (tertiary/aromatic N) is 4. The number of hydrogen-bond donors (Lipinski definition) is 1. The predicted molar refractivity (Wildman–Crippen MR) is 101 cm³/mol. The van der Waals surface area contributed by atoms with Crippen molar-refractivity contribution >= 4 is 23.5 Å². The number of anilines is 1. The van der Waals surface area contributed by atoms with Gasteiger partial charge < -0.3 is 15.0 Å². The molecule has 0 saturated carbocycles. The summed E-state index contributed by atoms with van der Waals surface area (Å²) in [5, 5.41) is 11.7. The van der Waals surface area contributed by atoms with E-state index >= 15 is 0 Å². The molecule has 1 saturated heterocycles. The van der Waals surface area contributed by atoms with Crippen LogP contribution in [0, 0.1) is 0 Å². The van der Waals surface area contributed by atoms with Crippen molar-refractivity contribution in [1.29, 1.82) is 0 Å². The number of piperidine rings is 1. The lowest BCUT2D eigenvalue weighted by Gasteiger charge is -2.32. The molecule has 2 aromatic rings. The Morgan fingerprint density at radius 3 is 2.62 bits per heavy atom. The highest BCUT2D eigenvalue weighted by molar-refractivity contribution is 6.32. The first kappa shape index (κ1) is 18.5. The van der Waals surface area contributed by atoms with Crippen LogP contribution >= 0.6 is 11.6 Å². The minimum atomic E-state index is -0.210. The van der Waals surface area contributed by atoms with Crippen molar-refractivity contribution in [3.63, 3.8) is 0 Å². The van der Waals surface area contributed by atoms with E-state index in [1.54, 1.807) is 4.57 Å². The largest absolute Gasteiger partial charge is 0.489 e. The van der Waals surface area contributed by atoms with E-state index in [0.717, 1.165) is 31.7 Å². The first-order valence-electron chi connectivity index (χ1n) is 8.82. The zero-order valence-corrected chi connectivity index (χ0v) is 16.0. The van der Waals surface area contributed by atoms with Gasteiger partial charge in [-0.2, -0.15) is 0 Å². The van der Waals surface area contributed by atoms with E-state index in [1.807, 2.05) is 45.2 Å². The third-order valence-corrected chi connectivity index (χ3v) is 4.64. The molecule has 7 nitrogen and oxygen atoms in total. The number of hydrogen-bond acceptors (Lipinski definition) is 5. The Hall–Kier alpha value is -2.28. The number of ether oxygens (including phenoxy) is 1. The van der Waals surface area contributed by atoms with Crippen LogP contribution in [0.25, 0.3) is 0 Å². The number of carbonyl (C=O) groups is 1. The molecule has 26 heavy (non-hydrogen) atoms. The second-order valence-electron chi connectivity index (χ2n) is 6.75. The van der Waals surface area contributed by atoms with Crippen LogP contribution in [0.3, 0.4) is 0 Å². The SMILES string of the molecule is CC(C)NC(=O)c1nnc(N2CCC(Oc3ccccc3Cl)CC2)n1C. The van der Waals surface area contributed by atoms with E-state index < -0.39 is 0 Å². The Morgan fingerprint density at radius 1 is 1.27 bits per heavy atom. The van der Waals surface area contributed by atoms with E-state index in [9.17, 15) is 4.79 Å². The maximum Gasteiger partial charge on any atom is 0.289 e. The van der Waals surface area contributed by atoms with Crippen molar-refractivity contribution in [1.82, 2.24) is 20.1 Å². The number of aromatic nitrogens is 3. The third-order valence-electron chi connectivity index (χ3n) is 4.33. The molecule has 1 fully saturated rings. The fourth-order valence-corrected chi connectivity index (χ4v) is 3.19. The van der Waals surface area contributed by atoms with Crippen LogP contribution < -0.4 is 15.0 Å². The van der Waals surface area contributed by atoms with Crippen molar-refractivity contribution in [2.45, 2.75) is 38.8 Å². The third kappa shape index (κ3) is 4.09. The summed E-state index contributed by atoms with van der Waals surface area (Å²) in [4.78, 5) is 14.3. The number of para-hydroxylation sites is 1. The lowest BCUT2D eigenvalue weighted by molar-refractivity contribution is 0.0929. The van der Waals surface area contributed by atoms with Gasteiger partial charge in [-0.3, -0.25) is 9.36 Å². The van der Waals surface area contributed by atoms with Crippen LogP contribution in [-0.2, 0) is 7.05 Å². The van der Waals surface area contributed by atoms with E-state index in [1.165, 1.54) is 0 Å². The average molecular weight is 378 g/mol. The minimum absolute atomic E-state index is 0.0559. The number of benzene rings is 1. The molecule has 1 amide bonds. The molecule has 1 aliphatic rings. The molecule has 1 N–H and O–H groups in total. The topological polar surface area (TPSA) is 72.3 Å². The van der Waals surface area contributed by atoms with Gasteiger partial charge in [-0.15, -0.1) is 10.2 Å². The van der Waals surface area contributed by atoms with Gasteiger partial charge in [0.05, 0.1) is 5.02 Å². The Kier molecular flexibility index (Phi) is 5.66. The van der Waals surface area contributed by atoms with E-state index in [0.29, 0.717) is 16.8 Å². The summed E-state index contributed by atoms with van der Waals surface area (Å²) in [7, 11) is 1.82. The smallest absolute Gasteiger partial charge is 0.289 e. The van der Waals surface area contributed by atoms with Gasteiger partial charge in [0.1, 0.15) is 11.9 Å². The van der Waals surface area contributed by atoms with Crippen molar-refractivity contribution in [3.05, 3.63) is 35.1 Å². The molecule has 0 bridgehead atoms. The first-order chi connectivity index (χ1) is 12.5. The molecule has 3 rings (SSSR count). The van der Waals surface area contributed by atoms with Crippen molar-refractivity contribution < 1.29 is 9.53 Å². The van der Waals surface area contributed by atoms with Crippen LogP contribution in [0.1, 0.15) is 37.3 Å². The van der Waals surface area contributed by atoms with Gasteiger partial charge >= 0.3 is 0 Å². The molecular weight excluding hydrogens is 354 g/mol. The van der Waals surface area contributed by atoms with Gasteiger partial charge in [0.15, 0.2) is 0 Å². The summed E-state index contributed by atoms with van der Waals surface area (Å²) in [6, 6.07) is 7.57. The van der Waals surface area contributed by atoms with Crippen molar-refractivity contribution in [2.24, 2.45) is 7.05 Å². The molecule has 0 spiro atoms. The van der Waals surface area contributed by atoms with Crippen molar-refractivity contribution in [3.8, 4) is 5.75 Å². The molecule has 0 atom stereocenters. The molecule has 0 unspecified atom stereocenters. The zero-order chi connectivity index (χ0) is 18.7. The lowest BCUT2D eigenvalue weighted by atomic mass is 10.1. The van der Waals surface area contributed by atoms with Crippen LogP contribution in [0.4, 0.5) is 5.95 Å². The van der Waals surface area contributed by atoms with E-state index in [-0.39, 0.29) is 18.1 Å². The van der Waals surface area contributed by atoms with Gasteiger partial charge in [0.25, 0.3) is 5.91 Å². The highest BCUT2D eigenvalue weighted by Gasteiger charge is 2.26. The lowest BCUT2D eigenvalue weighted by Crippen LogP contribution is -2.39. The Bertz CT molecular complexity index is 769. The van der Waals surface area contributed by atoms with E-state index in [4.69, 9.17) is 16.3 Å². The van der Waals surface area contributed by atoms with Crippen LogP contribution in [0.2, 0.25) is 5.02 Å². The number of amides is 1. The van der Waals surface area contributed by atoms with Gasteiger partial charge in [-0.1, -0.05) is 23.7 Å². The fraction of sp³-hybridized carbons (Fsp3) is 0.500. The summed E-state index contributed by atoms with van der Waals surface area (Å²) in [6.45, 7) is 5.40. The Morgan fingerprint density at radius 2 is 1.96 bits per heavy atom. The predicted octanol–water partition coefficient (Wildman–Crippen LogP) is 2.65. The van der Waals surface area contributed by atoms with Crippen LogP contribution in [0.15, 0.2) is 24.3 Å². The number of rotatable bonds is 5. The molecule has 0 aliphatic carbocycles. The molecule has 1 aliphatic heterocycles. The van der Waals surface area contributed by atoms with Gasteiger partial charge in [0.2, 0.25) is 11.8 Å². The highest BCUT2D eigenvalue weighted by Crippen LogP contribution is 2.27. The molecule has 140 valence electrons. The monoisotopic (exact) mass is 377 g/mol. The Balaban J connectivity index is 1.61. The Labute approximate surface area is 158 Å². The molecule has 2 heterocycles. The quantitative estimate of drug-likeness (QED) is 0.867. The summed E-state index contributed by atoms with van der Waals surface area (Å²) >= 11 is 6.16. The zero-order valence-electron chi connectivity index (χ0n) is 15.3. The molecule has 1 aromatic heterocycles. The summed E-state index contributed by atoms with van der Waals surface area (Å²) in [5.74, 6) is 1.54. The summed E-state index contributed by atoms with van der Waals surface area (Å²) in [5.41, 5.74) is 0. The first-order valence-corrected chi connectivity index (χ1v) is 9.20. The number of halogens is 1. The second kappa shape index (κ2) is 7.95. The van der Waals surface area contributed by atoms with Crippen LogP contribution in [0.5, 0.6) is 5.75 Å². The van der Waals surface area contributed by atoms with Gasteiger partial charge in [0, 0.05) is 39.0 Å². The summed E-state index contributed by atoms with van der Waals surface area (Å²) < 4.78 is 7.77. The highest BCUT2D eigenvalue weighted by atomic mass is 35.5. The normalized spacial score (nSPS) is 15.3. The van der Waals surface area contributed by atoms with E-state index in [2.05, 4.69) is 20.4 Å². The fourth-order valence-electron chi connectivity index (χ4n) is 3.01. The molecule has 8 heteroatoms. The number of nitrogens with one attached hydrogen (secondary N) is 1. The molecule has 1 aromatic carbocycles. The standard InChI is InChI=1S/C18H24ClN5O2/c1-12(2)20-17(25)16-21-22-18(23(16)3)24-10-8-13(9-11-24)26-15-7-5-4-6-14(15)19/h4-7,12-13H,8-11H2,1-3H3,(H,20,25). The number of carbonyl (C=O) groups excluding carboxylic acids is 1. The van der Waals surface area contributed by atoms with Crippen LogP contribution in [-0.4, -0.2) is 45.9 Å². The van der Waals surface area contributed by atoms with Gasteiger partial charge in [-0.25, -0.2) is 0 Å². The molecule has 0 radical (unpaired) electrons.